The summed E-state index contributed by atoms with van der Waals surface area (Å²) in [4.78, 5) is 8.36. The molecule has 0 atom stereocenters. The van der Waals surface area contributed by atoms with Gasteiger partial charge in [-0.2, -0.15) is 0 Å². The Balaban J connectivity index is 0. The van der Waals surface area contributed by atoms with Gasteiger partial charge in [0.1, 0.15) is 0 Å². The Hall–Kier alpha value is 0.120. The topological polar surface area (TPSA) is 72.6 Å². The van der Waals surface area contributed by atoms with Crippen LogP contribution in [-0.4, -0.2) is 34.2 Å². The molecule has 1 N–H and O–H groups in total. The first-order valence-electron chi connectivity index (χ1n) is 3.68. The predicted molar refractivity (Wildman–Crippen MR) is 56.4 cm³/mol. The van der Waals surface area contributed by atoms with E-state index in [1.54, 1.807) is 0 Å². The summed E-state index contributed by atoms with van der Waals surface area (Å²) < 4.78 is 5.25. The van der Waals surface area contributed by atoms with Crippen molar-refractivity contribution in [2.24, 2.45) is 0 Å². The van der Waals surface area contributed by atoms with Crippen molar-refractivity contribution >= 4 is 31.9 Å². The highest BCUT2D eigenvalue weighted by Crippen LogP contribution is 1.91. The molecule has 0 amide bonds. The molecule has 0 radical (unpaired) electrons. The minimum Gasteiger partial charge on any atom is -0.381 e. The largest absolute Gasteiger partial charge is 0.381 e. The van der Waals surface area contributed by atoms with Crippen LogP contribution in [0.2, 0.25) is 0 Å². The number of ether oxygens (including phenoxy) is 1. The van der Waals surface area contributed by atoms with Gasteiger partial charge in [0, 0.05) is 23.9 Å². The van der Waals surface area contributed by atoms with E-state index in [1.165, 1.54) is 0 Å². The second-order valence-corrected chi connectivity index (χ2v) is 3.52. The molecule has 13 heavy (non-hydrogen) atoms. The standard InChI is InChI=1S/C6H12Br2O.HNO3/c7-3-1-5-9-6-2-4-8;2-1(3)4/h1-6H2;(H,2,3,4). The Morgan fingerprint density at radius 3 is 1.77 bits per heavy atom. The van der Waals surface area contributed by atoms with E-state index in [0.717, 1.165) is 36.7 Å². The van der Waals surface area contributed by atoms with Crippen LogP contribution < -0.4 is 0 Å². The van der Waals surface area contributed by atoms with Gasteiger partial charge in [0.05, 0.1) is 0 Å². The van der Waals surface area contributed by atoms with Crippen molar-refractivity contribution in [3.05, 3.63) is 10.1 Å². The lowest BCUT2D eigenvalue weighted by Crippen LogP contribution is -1.97. The molecule has 0 aromatic rings. The van der Waals surface area contributed by atoms with Crippen LogP contribution in [0.1, 0.15) is 12.8 Å². The quantitative estimate of drug-likeness (QED) is 0.352. The van der Waals surface area contributed by atoms with Crippen LogP contribution in [0.4, 0.5) is 0 Å². The van der Waals surface area contributed by atoms with Gasteiger partial charge in [-0.1, -0.05) is 31.9 Å². The molecule has 0 aromatic carbocycles. The van der Waals surface area contributed by atoms with Crippen molar-refractivity contribution in [2.45, 2.75) is 12.8 Å². The first-order chi connectivity index (χ1) is 6.15. The number of hydrogen-bond acceptors (Lipinski definition) is 3. The van der Waals surface area contributed by atoms with E-state index in [4.69, 9.17) is 20.1 Å². The predicted octanol–water partition coefficient (Wildman–Crippen LogP) is 2.23. The normalized spacial score (nSPS) is 8.77. The summed E-state index contributed by atoms with van der Waals surface area (Å²) in [5.41, 5.74) is 0. The van der Waals surface area contributed by atoms with Crippen molar-refractivity contribution in [1.29, 1.82) is 0 Å². The summed E-state index contributed by atoms with van der Waals surface area (Å²) in [6.45, 7) is 1.77. The highest BCUT2D eigenvalue weighted by atomic mass is 79.9. The smallest absolute Gasteiger partial charge is 0.291 e. The van der Waals surface area contributed by atoms with Crippen molar-refractivity contribution in [3.8, 4) is 0 Å². The van der Waals surface area contributed by atoms with Gasteiger partial charge in [-0.3, -0.25) is 0 Å². The lowest BCUT2D eigenvalue weighted by atomic mass is 10.5. The van der Waals surface area contributed by atoms with E-state index >= 15 is 0 Å². The number of alkyl halides is 2. The molecule has 0 saturated carbocycles. The maximum absolute atomic E-state index is 8.36. The molecule has 0 aromatic heterocycles. The third-order valence-electron chi connectivity index (χ3n) is 0.845. The van der Waals surface area contributed by atoms with Gasteiger partial charge in [0.25, 0.3) is 5.09 Å². The van der Waals surface area contributed by atoms with E-state index < -0.39 is 5.09 Å². The summed E-state index contributed by atoms with van der Waals surface area (Å²) in [5, 5.41) is 15.7. The maximum Gasteiger partial charge on any atom is 0.291 e. The van der Waals surface area contributed by atoms with Crippen LogP contribution in [0.3, 0.4) is 0 Å². The zero-order valence-corrected chi connectivity index (χ0v) is 10.3. The molecule has 0 aliphatic heterocycles. The van der Waals surface area contributed by atoms with Gasteiger partial charge in [0.2, 0.25) is 0 Å². The highest BCUT2D eigenvalue weighted by molar-refractivity contribution is 9.09. The molecule has 0 aliphatic carbocycles. The summed E-state index contributed by atoms with van der Waals surface area (Å²) in [6, 6.07) is 0. The lowest BCUT2D eigenvalue weighted by molar-refractivity contribution is -0.742. The average Bonchev–Trinajstić information content (AvgIpc) is 2.03. The molecule has 0 saturated heterocycles. The zero-order valence-electron chi connectivity index (χ0n) is 7.12. The molecule has 0 aliphatic rings. The highest BCUT2D eigenvalue weighted by Gasteiger charge is 1.85. The van der Waals surface area contributed by atoms with Gasteiger partial charge < -0.3 is 9.94 Å². The van der Waals surface area contributed by atoms with Crippen LogP contribution in [0, 0.1) is 10.1 Å². The monoisotopic (exact) mass is 321 g/mol. The first kappa shape index (κ1) is 15.6. The minimum atomic E-state index is -1.50. The maximum atomic E-state index is 8.36. The first-order valence-corrected chi connectivity index (χ1v) is 5.92. The molecule has 0 heterocycles. The Bertz CT molecular complexity index is 105. The average molecular weight is 323 g/mol. The summed E-state index contributed by atoms with van der Waals surface area (Å²) >= 11 is 6.66. The van der Waals surface area contributed by atoms with Gasteiger partial charge in [-0.15, -0.1) is 10.1 Å². The van der Waals surface area contributed by atoms with E-state index in [1.807, 2.05) is 0 Å². The molecule has 80 valence electrons. The summed E-state index contributed by atoms with van der Waals surface area (Å²) in [5.74, 6) is 0. The van der Waals surface area contributed by atoms with E-state index in [-0.39, 0.29) is 0 Å². The molecule has 0 fully saturated rings. The SMILES string of the molecule is BrCCCOCCCBr.O=[N+]([O-])O. The van der Waals surface area contributed by atoms with Gasteiger partial charge in [-0.25, -0.2) is 0 Å². The van der Waals surface area contributed by atoms with Gasteiger partial charge in [0.15, 0.2) is 0 Å². The van der Waals surface area contributed by atoms with Crippen LogP contribution in [-0.2, 0) is 4.74 Å². The molecule has 0 bridgehead atoms. The summed E-state index contributed by atoms with van der Waals surface area (Å²) in [7, 11) is 0. The third kappa shape index (κ3) is 33.1. The van der Waals surface area contributed by atoms with Gasteiger partial charge >= 0.3 is 0 Å². The van der Waals surface area contributed by atoms with Crippen LogP contribution in [0.25, 0.3) is 0 Å². The fourth-order valence-electron chi connectivity index (χ4n) is 0.415. The Morgan fingerprint density at radius 2 is 1.54 bits per heavy atom. The molecular weight excluding hydrogens is 310 g/mol. The molecule has 5 nitrogen and oxygen atoms in total. The Morgan fingerprint density at radius 1 is 1.23 bits per heavy atom. The Kier molecular flexibility index (Phi) is 17.5. The zero-order chi connectivity index (χ0) is 10.5. The Labute approximate surface area is 93.8 Å². The second kappa shape index (κ2) is 14.6. The van der Waals surface area contributed by atoms with E-state index in [9.17, 15) is 0 Å². The van der Waals surface area contributed by atoms with Crippen LogP contribution in [0.5, 0.6) is 0 Å². The fourth-order valence-corrected chi connectivity index (χ4v) is 0.873. The number of hydrogen-bond donors (Lipinski definition) is 1. The molecule has 7 heteroatoms. The third-order valence-corrected chi connectivity index (χ3v) is 1.97. The van der Waals surface area contributed by atoms with Crippen LogP contribution >= 0.6 is 31.9 Å². The number of nitrogens with zero attached hydrogens (tertiary/aromatic N) is 1. The fraction of sp³-hybridized carbons (Fsp3) is 1.00. The molecule has 0 spiro atoms. The van der Waals surface area contributed by atoms with E-state index in [2.05, 4.69) is 31.9 Å². The van der Waals surface area contributed by atoms with Crippen molar-refractivity contribution in [2.75, 3.05) is 23.9 Å². The minimum absolute atomic E-state index is 0.887. The van der Waals surface area contributed by atoms with Crippen molar-refractivity contribution in [1.82, 2.24) is 0 Å². The lowest BCUT2D eigenvalue weighted by Gasteiger charge is -1.98. The number of halogens is 2. The van der Waals surface area contributed by atoms with Crippen LogP contribution in [0.15, 0.2) is 0 Å². The summed E-state index contributed by atoms with van der Waals surface area (Å²) in [6.07, 6.45) is 2.23. The van der Waals surface area contributed by atoms with E-state index in [0.29, 0.717) is 0 Å². The molecule has 0 unspecified atom stereocenters. The molecule has 0 rings (SSSR count). The molecular formula is C6H13Br2NO4. The second-order valence-electron chi connectivity index (χ2n) is 1.94. The number of rotatable bonds is 6. The van der Waals surface area contributed by atoms with Crippen molar-refractivity contribution in [3.63, 3.8) is 0 Å². The van der Waals surface area contributed by atoms with Crippen molar-refractivity contribution < 1.29 is 15.0 Å². The van der Waals surface area contributed by atoms with Gasteiger partial charge in [-0.05, 0) is 12.8 Å².